The Kier molecular flexibility index (Phi) is 7.40. The zero-order chi connectivity index (χ0) is 24.2. The summed E-state index contributed by atoms with van der Waals surface area (Å²) in [5, 5.41) is 2.82. The minimum Gasteiger partial charge on any atom is -0.462 e. The van der Waals surface area contributed by atoms with E-state index in [4.69, 9.17) is 16.3 Å². The van der Waals surface area contributed by atoms with Crippen molar-refractivity contribution in [3.63, 3.8) is 0 Å². The number of ether oxygens (including phenoxy) is 1. The molecule has 0 aliphatic heterocycles. The van der Waals surface area contributed by atoms with Crippen molar-refractivity contribution in [3.05, 3.63) is 88.4 Å². The first-order valence-corrected chi connectivity index (χ1v) is 11.9. The van der Waals surface area contributed by atoms with Gasteiger partial charge in [0.15, 0.2) is 0 Å². The average molecular weight is 487 g/mol. The Labute approximate surface area is 198 Å². The number of esters is 1. The Morgan fingerprint density at radius 2 is 1.67 bits per heavy atom. The number of benzene rings is 3. The van der Waals surface area contributed by atoms with Crippen LogP contribution in [0.4, 0.5) is 11.4 Å². The van der Waals surface area contributed by atoms with E-state index in [1.54, 1.807) is 37.3 Å². The number of sulfonamides is 1. The van der Waals surface area contributed by atoms with E-state index >= 15 is 0 Å². The molecule has 1 amide bonds. The summed E-state index contributed by atoms with van der Waals surface area (Å²) in [6.07, 6.45) is 0. The zero-order valence-corrected chi connectivity index (χ0v) is 19.9. The molecular weight excluding hydrogens is 464 g/mol. The Bertz CT molecular complexity index is 1290. The van der Waals surface area contributed by atoms with Crippen molar-refractivity contribution in [1.82, 2.24) is 0 Å². The van der Waals surface area contributed by atoms with Gasteiger partial charge >= 0.3 is 5.97 Å². The van der Waals surface area contributed by atoms with E-state index in [0.29, 0.717) is 5.69 Å². The lowest BCUT2D eigenvalue weighted by atomic mass is 10.1. The lowest BCUT2D eigenvalue weighted by Gasteiger charge is -2.22. The van der Waals surface area contributed by atoms with E-state index < -0.39 is 21.9 Å². The molecule has 3 aromatic rings. The minimum atomic E-state index is -3.88. The Morgan fingerprint density at radius 3 is 2.30 bits per heavy atom. The molecular formula is C24H23ClN2O5S. The van der Waals surface area contributed by atoms with E-state index in [2.05, 4.69) is 5.32 Å². The van der Waals surface area contributed by atoms with E-state index in [-0.39, 0.29) is 33.3 Å². The van der Waals surface area contributed by atoms with Gasteiger partial charge in [0, 0.05) is 12.7 Å². The third-order valence-electron chi connectivity index (χ3n) is 4.89. The predicted octanol–water partition coefficient (Wildman–Crippen LogP) is 4.90. The highest BCUT2D eigenvalue weighted by molar-refractivity contribution is 7.92. The van der Waals surface area contributed by atoms with Crippen LogP contribution in [0.3, 0.4) is 0 Å². The van der Waals surface area contributed by atoms with Crippen LogP contribution in [-0.2, 0) is 14.8 Å². The number of amides is 1. The molecule has 0 unspecified atom stereocenters. The first-order chi connectivity index (χ1) is 15.6. The van der Waals surface area contributed by atoms with Crippen LogP contribution in [0, 0.1) is 6.92 Å². The summed E-state index contributed by atoms with van der Waals surface area (Å²) in [5.41, 5.74) is 1.83. The molecule has 1 N–H and O–H groups in total. The quantitative estimate of drug-likeness (QED) is 0.479. The van der Waals surface area contributed by atoms with Crippen molar-refractivity contribution in [1.29, 1.82) is 0 Å². The molecule has 3 aromatic carbocycles. The summed E-state index contributed by atoms with van der Waals surface area (Å²) in [6.45, 7) is 3.77. The number of rotatable bonds is 7. The molecule has 0 atom stereocenters. The van der Waals surface area contributed by atoms with Crippen LogP contribution in [-0.4, -0.2) is 33.9 Å². The van der Waals surface area contributed by atoms with Crippen LogP contribution in [0.1, 0.15) is 33.2 Å². The van der Waals surface area contributed by atoms with Crippen LogP contribution >= 0.6 is 11.6 Å². The lowest BCUT2D eigenvalue weighted by molar-refractivity contribution is 0.0526. The number of para-hydroxylation sites is 1. The second kappa shape index (κ2) is 10.1. The number of hydrogen-bond acceptors (Lipinski definition) is 5. The molecule has 0 aromatic heterocycles. The second-order valence-electron chi connectivity index (χ2n) is 7.17. The van der Waals surface area contributed by atoms with Gasteiger partial charge in [-0.2, -0.15) is 0 Å². The number of hydrogen-bond donors (Lipinski definition) is 1. The summed E-state index contributed by atoms with van der Waals surface area (Å²) in [5.74, 6) is -1.09. The molecule has 0 saturated carbocycles. The molecule has 0 radical (unpaired) electrons. The molecule has 0 spiro atoms. The Morgan fingerprint density at radius 1 is 1.00 bits per heavy atom. The van der Waals surface area contributed by atoms with Gasteiger partial charge in [-0.15, -0.1) is 0 Å². The van der Waals surface area contributed by atoms with Gasteiger partial charge in [-0.1, -0.05) is 41.4 Å². The number of nitrogens with zero attached hydrogens (tertiary/aromatic N) is 1. The highest BCUT2D eigenvalue weighted by Crippen LogP contribution is 2.28. The van der Waals surface area contributed by atoms with Gasteiger partial charge in [-0.3, -0.25) is 9.10 Å². The second-order valence-corrected chi connectivity index (χ2v) is 9.55. The maximum Gasteiger partial charge on any atom is 0.339 e. The third kappa shape index (κ3) is 5.35. The Hall–Kier alpha value is -3.36. The molecule has 0 saturated heterocycles. The zero-order valence-electron chi connectivity index (χ0n) is 18.3. The summed E-state index contributed by atoms with van der Waals surface area (Å²) in [7, 11) is -2.49. The molecule has 7 nitrogen and oxygen atoms in total. The average Bonchev–Trinajstić information content (AvgIpc) is 2.79. The van der Waals surface area contributed by atoms with Crippen LogP contribution in [0.25, 0.3) is 0 Å². The van der Waals surface area contributed by atoms with Crippen molar-refractivity contribution < 1.29 is 22.7 Å². The topological polar surface area (TPSA) is 92.8 Å². The number of halogens is 1. The normalized spacial score (nSPS) is 11.0. The van der Waals surface area contributed by atoms with Crippen LogP contribution in [0.15, 0.2) is 71.6 Å². The molecule has 0 heterocycles. The number of nitrogens with one attached hydrogen (secondary N) is 1. The van der Waals surface area contributed by atoms with Gasteiger partial charge in [0.1, 0.15) is 0 Å². The maximum atomic E-state index is 13.1. The first-order valence-electron chi connectivity index (χ1n) is 10.1. The summed E-state index contributed by atoms with van der Waals surface area (Å²) in [4.78, 5) is 25.0. The van der Waals surface area contributed by atoms with Crippen LogP contribution in [0.5, 0.6) is 0 Å². The lowest BCUT2D eigenvalue weighted by Crippen LogP contribution is -2.29. The highest BCUT2D eigenvalue weighted by atomic mass is 35.5. The van der Waals surface area contributed by atoms with Crippen molar-refractivity contribution in [2.45, 2.75) is 18.7 Å². The van der Waals surface area contributed by atoms with E-state index in [9.17, 15) is 18.0 Å². The number of aryl methyl sites for hydroxylation is 1. The molecule has 9 heteroatoms. The van der Waals surface area contributed by atoms with Gasteiger partial charge in [0.25, 0.3) is 15.9 Å². The molecule has 0 bridgehead atoms. The molecule has 0 aliphatic carbocycles. The van der Waals surface area contributed by atoms with Crippen molar-refractivity contribution >= 4 is 44.9 Å². The van der Waals surface area contributed by atoms with E-state index in [1.165, 1.54) is 43.4 Å². The molecule has 33 heavy (non-hydrogen) atoms. The standard InChI is InChI=1S/C24H23ClN2O5S/c1-4-32-24(29)19-14-11-17(15-21(19)25)26-23(28)20-7-5-6-8-22(20)27(3)33(30,31)18-12-9-16(2)10-13-18/h5-15H,4H2,1-3H3,(H,26,28). The fraction of sp³-hybridized carbons (Fsp3) is 0.167. The van der Waals surface area contributed by atoms with Gasteiger partial charge in [0.2, 0.25) is 0 Å². The summed E-state index contributed by atoms with van der Waals surface area (Å²) < 4.78 is 32.2. The van der Waals surface area contributed by atoms with Crippen LogP contribution in [0.2, 0.25) is 5.02 Å². The van der Waals surface area contributed by atoms with Gasteiger partial charge in [-0.25, -0.2) is 13.2 Å². The van der Waals surface area contributed by atoms with Gasteiger partial charge in [0.05, 0.1) is 33.3 Å². The Balaban J connectivity index is 1.88. The SMILES string of the molecule is CCOC(=O)c1ccc(NC(=O)c2ccccc2N(C)S(=O)(=O)c2ccc(C)cc2)cc1Cl. The van der Waals surface area contributed by atoms with E-state index in [1.807, 2.05) is 6.92 Å². The summed E-state index contributed by atoms with van der Waals surface area (Å²) in [6, 6.07) is 17.3. The number of carbonyl (C=O) groups is 2. The molecule has 0 fully saturated rings. The highest BCUT2D eigenvalue weighted by Gasteiger charge is 2.25. The molecule has 3 rings (SSSR count). The van der Waals surface area contributed by atoms with Crippen LogP contribution < -0.4 is 9.62 Å². The van der Waals surface area contributed by atoms with Crippen molar-refractivity contribution in [3.8, 4) is 0 Å². The largest absolute Gasteiger partial charge is 0.462 e. The fourth-order valence-electron chi connectivity index (χ4n) is 3.10. The van der Waals surface area contributed by atoms with Crippen molar-refractivity contribution in [2.75, 3.05) is 23.3 Å². The predicted molar refractivity (Wildman–Crippen MR) is 129 cm³/mol. The third-order valence-corrected chi connectivity index (χ3v) is 6.99. The maximum absolute atomic E-state index is 13.1. The van der Waals surface area contributed by atoms with E-state index in [0.717, 1.165) is 9.87 Å². The number of anilines is 2. The minimum absolute atomic E-state index is 0.118. The molecule has 172 valence electrons. The van der Waals surface area contributed by atoms with Crippen molar-refractivity contribution in [2.24, 2.45) is 0 Å². The number of carbonyl (C=O) groups excluding carboxylic acids is 2. The van der Waals surface area contributed by atoms with Gasteiger partial charge in [-0.05, 0) is 56.3 Å². The molecule has 0 aliphatic rings. The fourth-order valence-corrected chi connectivity index (χ4v) is 4.58. The first kappa shape index (κ1) is 24.3. The summed E-state index contributed by atoms with van der Waals surface area (Å²) >= 11 is 6.17. The monoisotopic (exact) mass is 486 g/mol. The van der Waals surface area contributed by atoms with Gasteiger partial charge < -0.3 is 10.1 Å². The smallest absolute Gasteiger partial charge is 0.339 e.